The molecule has 0 unspecified atom stereocenters. The third-order valence-corrected chi connectivity index (χ3v) is 4.47. The highest BCUT2D eigenvalue weighted by molar-refractivity contribution is 6.33. The van der Waals surface area contributed by atoms with Crippen molar-refractivity contribution in [3.63, 3.8) is 0 Å². The van der Waals surface area contributed by atoms with Gasteiger partial charge in [-0.2, -0.15) is 4.39 Å². The monoisotopic (exact) mass is 400 g/mol. The number of hydrogen-bond donors (Lipinski definition) is 0. The van der Waals surface area contributed by atoms with Gasteiger partial charge in [-0.25, -0.2) is 8.78 Å². The molecule has 0 saturated carbocycles. The maximum absolute atomic E-state index is 14.5. The molecule has 0 aromatic heterocycles. The van der Waals surface area contributed by atoms with E-state index in [9.17, 15) is 13.2 Å². The number of halogens is 4. The van der Waals surface area contributed by atoms with E-state index in [0.29, 0.717) is 19.6 Å². The molecule has 2 nitrogen and oxygen atoms in total. The molecule has 0 heterocycles. The fourth-order valence-electron chi connectivity index (χ4n) is 2.63. The molecule has 0 saturated heterocycles. The Morgan fingerprint density at radius 3 is 2.00 bits per heavy atom. The zero-order valence-electron chi connectivity index (χ0n) is 15.6. The van der Waals surface area contributed by atoms with Crippen molar-refractivity contribution in [3.8, 4) is 22.6 Å². The minimum Gasteiger partial charge on any atom is -0.490 e. The van der Waals surface area contributed by atoms with Gasteiger partial charge in [0.15, 0.2) is 23.1 Å². The summed E-state index contributed by atoms with van der Waals surface area (Å²) in [6.07, 6.45) is 4.60. The average molecular weight is 401 g/mol. The standard InChI is InChI=1S/C21H24ClF3O2/c1-3-5-6-7-13-27-17-11-9-15(19(23)21(17)25)14-8-10-16(26-12-4-2)20(24)18(14)22/h8-11H,3-7,12-13H2,1-2H3. The molecule has 0 bridgehead atoms. The maximum Gasteiger partial charge on any atom is 0.201 e. The average Bonchev–Trinajstić information content (AvgIpc) is 2.67. The van der Waals surface area contributed by atoms with Gasteiger partial charge in [0, 0.05) is 11.1 Å². The van der Waals surface area contributed by atoms with Gasteiger partial charge in [-0.15, -0.1) is 0 Å². The first-order valence-electron chi connectivity index (χ1n) is 9.23. The lowest BCUT2D eigenvalue weighted by molar-refractivity contribution is 0.285. The Hall–Kier alpha value is -1.88. The molecular weight excluding hydrogens is 377 g/mol. The molecule has 0 spiro atoms. The second kappa shape index (κ2) is 10.5. The first-order valence-corrected chi connectivity index (χ1v) is 9.61. The topological polar surface area (TPSA) is 18.5 Å². The molecule has 2 rings (SSSR count). The van der Waals surface area contributed by atoms with Crippen LogP contribution in [0.2, 0.25) is 5.02 Å². The summed E-state index contributed by atoms with van der Waals surface area (Å²) in [6.45, 7) is 4.62. The number of hydrogen-bond acceptors (Lipinski definition) is 2. The summed E-state index contributed by atoms with van der Waals surface area (Å²) in [5.41, 5.74) is -0.0688. The highest BCUT2D eigenvalue weighted by Gasteiger charge is 2.20. The quantitative estimate of drug-likeness (QED) is 0.393. The molecule has 2 aromatic rings. The predicted octanol–water partition coefficient (Wildman–Crippen LogP) is 7.17. The summed E-state index contributed by atoms with van der Waals surface area (Å²) in [5.74, 6) is -3.19. The zero-order chi connectivity index (χ0) is 19.8. The molecule has 0 aliphatic carbocycles. The lowest BCUT2D eigenvalue weighted by atomic mass is 10.0. The van der Waals surface area contributed by atoms with Gasteiger partial charge in [-0.05, 0) is 37.1 Å². The van der Waals surface area contributed by atoms with Crippen LogP contribution in [0.3, 0.4) is 0 Å². The van der Waals surface area contributed by atoms with E-state index in [1.807, 2.05) is 6.92 Å². The van der Waals surface area contributed by atoms with Crippen molar-refractivity contribution in [1.82, 2.24) is 0 Å². The van der Waals surface area contributed by atoms with Gasteiger partial charge < -0.3 is 9.47 Å². The van der Waals surface area contributed by atoms with Crippen LogP contribution >= 0.6 is 11.6 Å². The van der Waals surface area contributed by atoms with Crippen LogP contribution in [-0.4, -0.2) is 13.2 Å². The molecule has 148 valence electrons. The molecule has 2 aromatic carbocycles. The number of benzene rings is 2. The van der Waals surface area contributed by atoms with Crippen LogP contribution in [0.25, 0.3) is 11.1 Å². The Balaban J connectivity index is 2.22. The van der Waals surface area contributed by atoms with Crippen molar-refractivity contribution in [2.24, 2.45) is 0 Å². The number of ether oxygens (including phenoxy) is 2. The SMILES string of the molecule is CCCCCCOc1ccc(-c2ccc(OCCC)c(F)c2Cl)c(F)c1F. The van der Waals surface area contributed by atoms with E-state index in [2.05, 4.69) is 6.92 Å². The highest BCUT2D eigenvalue weighted by Crippen LogP contribution is 2.38. The molecule has 0 aliphatic heterocycles. The fourth-order valence-corrected chi connectivity index (χ4v) is 2.88. The summed E-state index contributed by atoms with van der Waals surface area (Å²) >= 11 is 6.03. The molecule has 0 amide bonds. The van der Waals surface area contributed by atoms with Crippen molar-refractivity contribution in [2.75, 3.05) is 13.2 Å². The second-order valence-corrected chi connectivity index (χ2v) is 6.61. The first-order chi connectivity index (χ1) is 13.0. The van der Waals surface area contributed by atoms with Crippen LogP contribution in [-0.2, 0) is 0 Å². The lowest BCUT2D eigenvalue weighted by Gasteiger charge is -2.13. The smallest absolute Gasteiger partial charge is 0.201 e. The van der Waals surface area contributed by atoms with Gasteiger partial charge in [-0.3, -0.25) is 0 Å². The van der Waals surface area contributed by atoms with Crippen molar-refractivity contribution >= 4 is 11.6 Å². The van der Waals surface area contributed by atoms with Crippen molar-refractivity contribution in [2.45, 2.75) is 46.0 Å². The molecule has 0 N–H and O–H groups in total. The van der Waals surface area contributed by atoms with Gasteiger partial charge in [0.2, 0.25) is 5.82 Å². The zero-order valence-corrected chi connectivity index (χ0v) is 16.3. The summed E-state index contributed by atoms with van der Waals surface area (Å²) in [6, 6.07) is 5.46. The van der Waals surface area contributed by atoms with Gasteiger partial charge in [-0.1, -0.05) is 44.7 Å². The van der Waals surface area contributed by atoms with Crippen LogP contribution in [0.15, 0.2) is 24.3 Å². The van der Waals surface area contributed by atoms with Crippen molar-refractivity contribution < 1.29 is 22.6 Å². The Morgan fingerprint density at radius 2 is 1.33 bits per heavy atom. The second-order valence-electron chi connectivity index (χ2n) is 6.24. The highest BCUT2D eigenvalue weighted by atomic mass is 35.5. The number of unbranched alkanes of at least 4 members (excludes halogenated alkanes) is 3. The molecule has 0 fully saturated rings. The van der Waals surface area contributed by atoms with Crippen molar-refractivity contribution in [1.29, 1.82) is 0 Å². The van der Waals surface area contributed by atoms with E-state index in [0.717, 1.165) is 25.7 Å². The summed E-state index contributed by atoms with van der Waals surface area (Å²) in [4.78, 5) is 0. The van der Waals surface area contributed by atoms with Crippen LogP contribution < -0.4 is 9.47 Å². The van der Waals surface area contributed by atoms with Crippen LogP contribution in [0.1, 0.15) is 46.0 Å². The van der Waals surface area contributed by atoms with E-state index >= 15 is 0 Å². The Morgan fingerprint density at radius 1 is 0.704 bits per heavy atom. The normalized spacial score (nSPS) is 10.9. The van der Waals surface area contributed by atoms with Gasteiger partial charge in [0.25, 0.3) is 0 Å². The van der Waals surface area contributed by atoms with Crippen molar-refractivity contribution in [3.05, 3.63) is 46.7 Å². The van der Waals surface area contributed by atoms with Crippen LogP contribution in [0.5, 0.6) is 11.5 Å². The Kier molecular flexibility index (Phi) is 8.29. The van der Waals surface area contributed by atoms with Gasteiger partial charge >= 0.3 is 0 Å². The minimum atomic E-state index is -1.12. The van der Waals surface area contributed by atoms with E-state index in [4.69, 9.17) is 21.1 Å². The van der Waals surface area contributed by atoms with E-state index < -0.39 is 17.5 Å². The van der Waals surface area contributed by atoms with E-state index in [-0.39, 0.29) is 27.6 Å². The summed E-state index contributed by atoms with van der Waals surface area (Å²) in [5, 5.41) is -0.310. The Bertz CT molecular complexity index is 766. The molecule has 0 aliphatic rings. The molecule has 0 atom stereocenters. The third kappa shape index (κ3) is 5.32. The fraction of sp³-hybridized carbons (Fsp3) is 0.429. The molecule has 0 radical (unpaired) electrons. The lowest BCUT2D eigenvalue weighted by Crippen LogP contribution is -2.02. The van der Waals surface area contributed by atoms with Crippen LogP contribution in [0.4, 0.5) is 13.2 Å². The molecule has 27 heavy (non-hydrogen) atoms. The summed E-state index contributed by atoms with van der Waals surface area (Å²) in [7, 11) is 0. The van der Waals surface area contributed by atoms with Crippen LogP contribution in [0, 0.1) is 17.5 Å². The largest absolute Gasteiger partial charge is 0.490 e. The minimum absolute atomic E-state index is 0.0153. The van der Waals surface area contributed by atoms with E-state index in [1.54, 1.807) is 0 Å². The summed E-state index contributed by atoms with van der Waals surface area (Å²) < 4.78 is 53.8. The number of rotatable bonds is 10. The van der Waals surface area contributed by atoms with Gasteiger partial charge in [0.1, 0.15) is 0 Å². The molecular formula is C21H24ClF3O2. The Labute approximate surface area is 163 Å². The first kappa shape index (κ1) is 21.4. The maximum atomic E-state index is 14.5. The van der Waals surface area contributed by atoms with E-state index in [1.165, 1.54) is 24.3 Å². The predicted molar refractivity (Wildman–Crippen MR) is 102 cm³/mol. The third-order valence-electron chi connectivity index (χ3n) is 4.10. The van der Waals surface area contributed by atoms with Gasteiger partial charge in [0.05, 0.1) is 18.2 Å². The molecule has 6 heteroatoms.